The standard InChI is InChI=1S/C22H17BrN2O3/c1-2-25-18-8-3-4-9-20(18)28-19-11-10-16(13-17(19)22(25)27)24-21(26)14-6-5-7-15(23)12-14/h3-13H,2H2,1H3,(H,24,26). The predicted molar refractivity (Wildman–Crippen MR) is 112 cm³/mol. The van der Waals surface area contributed by atoms with Gasteiger partial charge in [0.15, 0.2) is 5.75 Å². The molecule has 0 radical (unpaired) electrons. The van der Waals surface area contributed by atoms with Crippen molar-refractivity contribution in [2.45, 2.75) is 6.92 Å². The molecular weight excluding hydrogens is 420 g/mol. The monoisotopic (exact) mass is 436 g/mol. The van der Waals surface area contributed by atoms with Crippen molar-refractivity contribution in [1.29, 1.82) is 0 Å². The molecule has 28 heavy (non-hydrogen) atoms. The van der Waals surface area contributed by atoms with E-state index >= 15 is 0 Å². The lowest BCUT2D eigenvalue weighted by Crippen LogP contribution is -2.29. The number of anilines is 2. The minimum absolute atomic E-state index is 0.166. The Labute approximate surface area is 171 Å². The number of fused-ring (bicyclic) bond motifs is 2. The third kappa shape index (κ3) is 3.39. The molecule has 1 aliphatic rings. The maximum atomic E-state index is 13.1. The average Bonchev–Trinajstić information content (AvgIpc) is 2.82. The van der Waals surface area contributed by atoms with Gasteiger partial charge in [-0.05, 0) is 55.5 Å². The molecule has 3 aromatic rings. The SMILES string of the molecule is CCN1C(=O)c2cc(NC(=O)c3cccc(Br)c3)ccc2Oc2ccccc21. The van der Waals surface area contributed by atoms with Gasteiger partial charge >= 0.3 is 0 Å². The Balaban J connectivity index is 1.68. The molecule has 6 heteroatoms. The smallest absolute Gasteiger partial charge is 0.262 e. The van der Waals surface area contributed by atoms with E-state index < -0.39 is 0 Å². The Hall–Kier alpha value is -3.12. The summed E-state index contributed by atoms with van der Waals surface area (Å²) in [5, 5.41) is 2.84. The fourth-order valence-corrected chi connectivity index (χ4v) is 3.55. The second-order valence-corrected chi connectivity index (χ2v) is 7.21. The average molecular weight is 437 g/mol. The lowest BCUT2D eigenvalue weighted by atomic mass is 10.1. The van der Waals surface area contributed by atoms with E-state index in [-0.39, 0.29) is 11.8 Å². The van der Waals surface area contributed by atoms with E-state index in [4.69, 9.17) is 4.74 Å². The Morgan fingerprint density at radius 3 is 2.64 bits per heavy atom. The van der Waals surface area contributed by atoms with E-state index in [2.05, 4.69) is 21.2 Å². The van der Waals surface area contributed by atoms with Crippen molar-refractivity contribution >= 4 is 39.1 Å². The van der Waals surface area contributed by atoms with Crippen LogP contribution in [-0.4, -0.2) is 18.4 Å². The number of hydrogen-bond acceptors (Lipinski definition) is 3. The normalized spacial score (nSPS) is 12.5. The summed E-state index contributed by atoms with van der Waals surface area (Å²) in [5.74, 6) is 0.677. The van der Waals surface area contributed by atoms with Crippen LogP contribution in [0.1, 0.15) is 27.6 Å². The highest BCUT2D eigenvalue weighted by molar-refractivity contribution is 9.10. The zero-order chi connectivity index (χ0) is 19.7. The van der Waals surface area contributed by atoms with E-state index in [9.17, 15) is 9.59 Å². The van der Waals surface area contributed by atoms with Crippen LogP contribution in [0.15, 0.2) is 71.2 Å². The van der Waals surface area contributed by atoms with Crippen molar-refractivity contribution in [2.75, 3.05) is 16.8 Å². The van der Waals surface area contributed by atoms with Gasteiger partial charge in [-0.2, -0.15) is 0 Å². The first-order valence-corrected chi connectivity index (χ1v) is 9.66. The molecule has 0 aliphatic carbocycles. The van der Waals surface area contributed by atoms with Gasteiger partial charge in [0.05, 0.1) is 11.3 Å². The molecule has 1 aliphatic heterocycles. The number of para-hydroxylation sites is 2. The molecule has 4 rings (SSSR count). The summed E-state index contributed by atoms with van der Waals surface area (Å²) >= 11 is 3.36. The Morgan fingerprint density at radius 1 is 1.04 bits per heavy atom. The van der Waals surface area contributed by atoms with E-state index in [1.165, 1.54) is 0 Å². The number of amides is 2. The van der Waals surface area contributed by atoms with Crippen LogP contribution in [0.25, 0.3) is 0 Å². The van der Waals surface area contributed by atoms with Gasteiger partial charge in [0.2, 0.25) is 0 Å². The second kappa shape index (κ2) is 7.48. The third-order valence-corrected chi connectivity index (χ3v) is 4.99. The van der Waals surface area contributed by atoms with Crippen LogP contribution in [0.3, 0.4) is 0 Å². The van der Waals surface area contributed by atoms with E-state index in [1.807, 2.05) is 37.3 Å². The second-order valence-electron chi connectivity index (χ2n) is 6.29. The molecule has 5 nitrogen and oxygen atoms in total. The van der Waals surface area contributed by atoms with Crippen LogP contribution in [0.2, 0.25) is 0 Å². The molecule has 0 fully saturated rings. The number of benzene rings is 3. The highest BCUT2D eigenvalue weighted by Gasteiger charge is 2.27. The van der Waals surface area contributed by atoms with Gasteiger partial charge in [-0.15, -0.1) is 0 Å². The number of carbonyl (C=O) groups excluding carboxylic acids is 2. The quantitative estimate of drug-likeness (QED) is 0.591. The maximum absolute atomic E-state index is 13.1. The Morgan fingerprint density at radius 2 is 1.86 bits per heavy atom. The van der Waals surface area contributed by atoms with Crippen molar-refractivity contribution in [3.63, 3.8) is 0 Å². The number of hydrogen-bond donors (Lipinski definition) is 1. The van der Waals surface area contributed by atoms with Crippen molar-refractivity contribution in [3.8, 4) is 11.5 Å². The van der Waals surface area contributed by atoms with Crippen molar-refractivity contribution in [2.24, 2.45) is 0 Å². The number of rotatable bonds is 3. The summed E-state index contributed by atoms with van der Waals surface area (Å²) in [6, 6.07) is 19.6. The molecule has 0 saturated heterocycles. The highest BCUT2D eigenvalue weighted by Crippen LogP contribution is 2.39. The number of nitrogens with zero attached hydrogens (tertiary/aromatic N) is 1. The Kier molecular flexibility index (Phi) is 4.88. The zero-order valence-corrected chi connectivity index (χ0v) is 16.7. The summed E-state index contributed by atoms with van der Waals surface area (Å²) in [5.41, 5.74) is 2.19. The molecule has 0 spiro atoms. The van der Waals surface area contributed by atoms with Crippen LogP contribution >= 0.6 is 15.9 Å². The largest absolute Gasteiger partial charge is 0.454 e. The summed E-state index contributed by atoms with van der Waals surface area (Å²) in [4.78, 5) is 27.3. The predicted octanol–water partition coefficient (Wildman–Crippen LogP) is 5.47. The van der Waals surface area contributed by atoms with Crippen LogP contribution in [-0.2, 0) is 0 Å². The maximum Gasteiger partial charge on any atom is 0.262 e. The molecule has 140 valence electrons. The minimum Gasteiger partial charge on any atom is -0.454 e. The van der Waals surface area contributed by atoms with Crippen LogP contribution in [0.5, 0.6) is 11.5 Å². The van der Waals surface area contributed by atoms with E-state index in [0.29, 0.717) is 34.9 Å². The lowest BCUT2D eigenvalue weighted by molar-refractivity contribution is 0.0985. The van der Waals surface area contributed by atoms with Gasteiger partial charge in [0.1, 0.15) is 5.75 Å². The van der Waals surface area contributed by atoms with Gasteiger partial charge in [-0.25, -0.2) is 0 Å². The van der Waals surface area contributed by atoms with Crippen molar-refractivity contribution in [1.82, 2.24) is 0 Å². The topological polar surface area (TPSA) is 58.6 Å². The minimum atomic E-state index is -0.251. The first-order chi connectivity index (χ1) is 13.6. The lowest BCUT2D eigenvalue weighted by Gasteiger charge is -2.19. The molecule has 1 N–H and O–H groups in total. The molecule has 0 atom stereocenters. The summed E-state index contributed by atoms with van der Waals surface area (Å²) in [6.45, 7) is 2.42. The van der Waals surface area contributed by atoms with Gasteiger partial charge in [0, 0.05) is 22.3 Å². The fourth-order valence-electron chi connectivity index (χ4n) is 3.15. The zero-order valence-electron chi connectivity index (χ0n) is 15.1. The van der Waals surface area contributed by atoms with Gasteiger partial charge < -0.3 is 15.0 Å². The number of nitrogens with one attached hydrogen (secondary N) is 1. The summed E-state index contributed by atoms with van der Waals surface area (Å²) in [6.07, 6.45) is 0. The molecule has 3 aromatic carbocycles. The first kappa shape index (κ1) is 18.3. The molecule has 1 heterocycles. The van der Waals surface area contributed by atoms with Crippen molar-refractivity contribution < 1.29 is 14.3 Å². The van der Waals surface area contributed by atoms with Crippen LogP contribution < -0.4 is 15.0 Å². The molecule has 2 amide bonds. The Bertz CT molecular complexity index is 1080. The van der Waals surface area contributed by atoms with Gasteiger partial charge in [-0.1, -0.05) is 34.1 Å². The number of halogens is 1. The first-order valence-electron chi connectivity index (χ1n) is 8.86. The summed E-state index contributed by atoms with van der Waals surface area (Å²) in [7, 11) is 0. The van der Waals surface area contributed by atoms with Crippen LogP contribution in [0, 0.1) is 0 Å². The third-order valence-electron chi connectivity index (χ3n) is 4.49. The summed E-state index contributed by atoms with van der Waals surface area (Å²) < 4.78 is 6.81. The number of ether oxygens (including phenoxy) is 1. The van der Waals surface area contributed by atoms with E-state index in [1.54, 1.807) is 41.3 Å². The molecule has 0 aromatic heterocycles. The van der Waals surface area contributed by atoms with Gasteiger partial charge in [0.25, 0.3) is 11.8 Å². The van der Waals surface area contributed by atoms with Gasteiger partial charge in [-0.3, -0.25) is 9.59 Å². The highest BCUT2D eigenvalue weighted by atomic mass is 79.9. The van der Waals surface area contributed by atoms with Crippen LogP contribution in [0.4, 0.5) is 11.4 Å². The van der Waals surface area contributed by atoms with E-state index in [0.717, 1.165) is 10.2 Å². The number of carbonyl (C=O) groups is 2. The molecular formula is C22H17BrN2O3. The molecule has 0 bridgehead atoms. The molecule has 0 unspecified atom stereocenters. The fraction of sp³-hybridized carbons (Fsp3) is 0.0909. The van der Waals surface area contributed by atoms with Crippen molar-refractivity contribution in [3.05, 3.63) is 82.3 Å². The molecule has 0 saturated carbocycles.